The van der Waals surface area contributed by atoms with E-state index in [0.717, 1.165) is 27.8 Å². The quantitative estimate of drug-likeness (QED) is 0.244. The molecule has 1 aliphatic heterocycles. The minimum atomic E-state index is -0.435. The molecule has 1 aliphatic rings. The van der Waals surface area contributed by atoms with Gasteiger partial charge in [0.25, 0.3) is 0 Å². The highest BCUT2D eigenvalue weighted by atomic mass is 32.1. The fourth-order valence-electron chi connectivity index (χ4n) is 4.71. The number of aromatic nitrogens is 3. The van der Waals surface area contributed by atoms with Gasteiger partial charge in [0.15, 0.2) is 5.13 Å². The van der Waals surface area contributed by atoms with Gasteiger partial charge in [-0.15, -0.1) is 0 Å². The van der Waals surface area contributed by atoms with Crippen molar-refractivity contribution in [3.05, 3.63) is 36.7 Å². The molecule has 1 aromatic carbocycles. The van der Waals surface area contributed by atoms with E-state index in [2.05, 4.69) is 42.5 Å². The van der Waals surface area contributed by atoms with Crippen molar-refractivity contribution < 1.29 is 19.2 Å². The first-order valence-electron chi connectivity index (χ1n) is 13.1. The maximum absolute atomic E-state index is 12.6. The number of hydrogen-bond donors (Lipinski definition) is 3. The highest BCUT2D eigenvalue weighted by Crippen LogP contribution is 2.38. The molecule has 3 heterocycles. The third-order valence-corrected chi connectivity index (χ3v) is 7.98. The summed E-state index contributed by atoms with van der Waals surface area (Å²) in [6, 6.07) is 3.60. The number of anilines is 2. The van der Waals surface area contributed by atoms with Gasteiger partial charge in [-0.3, -0.25) is 20.4 Å². The average molecular weight is 554 g/mol. The lowest BCUT2D eigenvalue weighted by Crippen LogP contribution is -2.45. The first-order valence-corrected chi connectivity index (χ1v) is 13.9. The van der Waals surface area contributed by atoms with Crippen LogP contribution in [0.2, 0.25) is 0 Å². The van der Waals surface area contributed by atoms with Crippen molar-refractivity contribution in [3.63, 3.8) is 0 Å². The highest BCUT2D eigenvalue weighted by molar-refractivity contribution is 7.22. The van der Waals surface area contributed by atoms with E-state index >= 15 is 0 Å². The third-order valence-electron chi connectivity index (χ3n) is 6.96. The summed E-state index contributed by atoms with van der Waals surface area (Å²) in [5, 5.41) is 5.96. The molecule has 0 aliphatic carbocycles. The van der Waals surface area contributed by atoms with Crippen LogP contribution in [-0.4, -0.2) is 60.3 Å². The van der Waals surface area contributed by atoms with E-state index in [4.69, 9.17) is 9.57 Å². The van der Waals surface area contributed by atoms with Crippen LogP contribution in [0.15, 0.2) is 31.1 Å². The van der Waals surface area contributed by atoms with E-state index in [-0.39, 0.29) is 12.0 Å². The molecule has 0 unspecified atom stereocenters. The molecule has 1 fully saturated rings. The number of benzene rings is 1. The molecule has 0 bridgehead atoms. The van der Waals surface area contributed by atoms with Crippen molar-refractivity contribution in [2.24, 2.45) is 5.41 Å². The summed E-state index contributed by atoms with van der Waals surface area (Å²) >= 11 is 1.35. The lowest BCUT2D eigenvalue weighted by atomic mass is 9.76. The number of urea groups is 1. The number of amides is 2. The summed E-state index contributed by atoms with van der Waals surface area (Å²) in [7, 11) is 1.52. The topological polar surface area (TPSA) is 131 Å². The Labute approximate surface area is 232 Å². The van der Waals surface area contributed by atoms with E-state index in [1.54, 1.807) is 12.4 Å². The standard InChI is InChI=1S/C27H35N7O4S/c1-6-27(23(35)38-8-3)9-11-34(12-10-27)24-29-15-19(16-30-24)18-13-20(17(4)33-37-5)22-21(14-18)31-26(39-22)32-25(36)28-7-2/h13-16,33H,4,6-12H2,1-3,5H3,(H2,28,31,32,36). The number of ether oxygens (including phenoxy) is 1. The molecule has 4 rings (SSSR count). The van der Waals surface area contributed by atoms with Crippen LogP contribution < -0.4 is 21.0 Å². The van der Waals surface area contributed by atoms with Crippen LogP contribution in [0.3, 0.4) is 0 Å². The van der Waals surface area contributed by atoms with E-state index in [0.29, 0.717) is 61.4 Å². The number of rotatable bonds is 10. The molecule has 0 radical (unpaired) electrons. The molecule has 0 saturated carbocycles. The monoisotopic (exact) mass is 553 g/mol. The predicted octanol–water partition coefficient (Wildman–Crippen LogP) is 4.58. The van der Waals surface area contributed by atoms with Crippen molar-refractivity contribution in [2.45, 2.75) is 40.0 Å². The van der Waals surface area contributed by atoms with Gasteiger partial charge in [0.2, 0.25) is 5.95 Å². The smallest absolute Gasteiger partial charge is 0.321 e. The van der Waals surface area contributed by atoms with Gasteiger partial charge in [-0.25, -0.2) is 19.7 Å². The molecule has 2 aromatic heterocycles. The van der Waals surface area contributed by atoms with Crippen molar-refractivity contribution >= 4 is 50.3 Å². The van der Waals surface area contributed by atoms with Gasteiger partial charge in [-0.2, -0.15) is 0 Å². The van der Waals surface area contributed by atoms with E-state index < -0.39 is 5.41 Å². The fraction of sp³-hybridized carbons (Fsp3) is 0.444. The number of hydrogen-bond acceptors (Lipinski definition) is 10. The molecule has 1 saturated heterocycles. The zero-order valence-electron chi connectivity index (χ0n) is 22.8. The molecule has 2 amide bonds. The Bertz CT molecular complexity index is 1330. The van der Waals surface area contributed by atoms with Crippen LogP contribution in [0, 0.1) is 5.41 Å². The van der Waals surface area contributed by atoms with Crippen LogP contribution >= 0.6 is 11.3 Å². The van der Waals surface area contributed by atoms with Crippen molar-refractivity contribution in [2.75, 3.05) is 43.6 Å². The number of hydroxylamine groups is 1. The first-order chi connectivity index (χ1) is 18.8. The molecule has 3 aromatic rings. The van der Waals surface area contributed by atoms with Crippen LogP contribution in [-0.2, 0) is 14.4 Å². The van der Waals surface area contributed by atoms with Gasteiger partial charge >= 0.3 is 12.0 Å². The number of nitrogens with zero attached hydrogens (tertiary/aromatic N) is 4. The lowest BCUT2D eigenvalue weighted by molar-refractivity contribution is -0.157. The Morgan fingerprint density at radius 1 is 1.13 bits per heavy atom. The maximum atomic E-state index is 12.6. The number of fused-ring (bicyclic) bond motifs is 1. The average Bonchev–Trinajstić information content (AvgIpc) is 3.35. The van der Waals surface area contributed by atoms with E-state index in [1.807, 2.05) is 32.9 Å². The number of thiazole rings is 1. The number of carbonyl (C=O) groups is 2. The first kappa shape index (κ1) is 28.2. The van der Waals surface area contributed by atoms with Gasteiger partial charge in [-0.1, -0.05) is 24.8 Å². The third kappa shape index (κ3) is 6.12. The molecule has 39 heavy (non-hydrogen) atoms. The summed E-state index contributed by atoms with van der Waals surface area (Å²) < 4.78 is 6.20. The normalized spacial score (nSPS) is 14.6. The second-order valence-electron chi connectivity index (χ2n) is 9.27. The fourth-order valence-corrected chi connectivity index (χ4v) is 5.69. The summed E-state index contributed by atoms with van der Waals surface area (Å²) in [6.45, 7) is 12.1. The van der Waals surface area contributed by atoms with E-state index in [9.17, 15) is 9.59 Å². The Morgan fingerprint density at radius 3 is 2.46 bits per heavy atom. The number of nitrogens with one attached hydrogen (secondary N) is 3. The Morgan fingerprint density at radius 2 is 1.85 bits per heavy atom. The maximum Gasteiger partial charge on any atom is 0.321 e. The van der Waals surface area contributed by atoms with Crippen molar-refractivity contribution in [3.8, 4) is 11.1 Å². The largest absolute Gasteiger partial charge is 0.466 e. The van der Waals surface area contributed by atoms with Gasteiger partial charge in [0.1, 0.15) is 0 Å². The van der Waals surface area contributed by atoms with Gasteiger partial charge in [0.05, 0.1) is 35.0 Å². The van der Waals surface area contributed by atoms with Gasteiger partial charge in [-0.05, 0) is 50.8 Å². The molecule has 3 N–H and O–H groups in total. The zero-order valence-corrected chi connectivity index (χ0v) is 23.6. The molecule has 12 heteroatoms. The number of esters is 1. The molecular weight excluding hydrogens is 518 g/mol. The second kappa shape index (κ2) is 12.4. The minimum Gasteiger partial charge on any atom is -0.466 e. The minimum absolute atomic E-state index is 0.106. The van der Waals surface area contributed by atoms with Gasteiger partial charge in [0, 0.05) is 43.2 Å². The molecule has 0 spiro atoms. The van der Waals surface area contributed by atoms with Crippen LogP contribution in [0.5, 0.6) is 0 Å². The SMILES string of the molecule is C=C(NOC)c1cc(-c2cnc(N3CCC(CC)(C(=O)OCC)CC3)nc2)cc2nc(NC(=O)NCC)sc12. The Kier molecular flexibility index (Phi) is 8.97. The van der Waals surface area contributed by atoms with Crippen LogP contribution in [0.1, 0.15) is 45.6 Å². The predicted molar refractivity (Wildman–Crippen MR) is 153 cm³/mol. The van der Waals surface area contributed by atoms with Crippen LogP contribution in [0.25, 0.3) is 27.0 Å². The van der Waals surface area contributed by atoms with Crippen molar-refractivity contribution in [1.29, 1.82) is 0 Å². The molecular formula is C27H35N7O4S. The number of piperidine rings is 1. The van der Waals surface area contributed by atoms with Gasteiger partial charge < -0.3 is 15.0 Å². The summed E-state index contributed by atoms with van der Waals surface area (Å²) in [6.07, 6.45) is 5.74. The summed E-state index contributed by atoms with van der Waals surface area (Å²) in [5.74, 6) is 0.520. The number of carbonyl (C=O) groups excluding carboxylic acids is 2. The lowest BCUT2D eigenvalue weighted by Gasteiger charge is -2.39. The molecule has 208 valence electrons. The summed E-state index contributed by atoms with van der Waals surface area (Å²) in [5.41, 5.74) is 6.08. The Balaban J connectivity index is 1.58. The zero-order chi connectivity index (χ0) is 28.0. The van der Waals surface area contributed by atoms with E-state index in [1.165, 1.54) is 18.4 Å². The highest BCUT2D eigenvalue weighted by Gasteiger charge is 2.41. The molecule has 0 atom stereocenters. The summed E-state index contributed by atoms with van der Waals surface area (Å²) in [4.78, 5) is 45.7. The Hall–Kier alpha value is -3.77. The van der Waals surface area contributed by atoms with Crippen LogP contribution in [0.4, 0.5) is 15.9 Å². The second-order valence-corrected chi connectivity index (χ2v) is 10.3. The molecule has 11 nitrogen and oxygen atoms in total. The van der Waals surface area contributed by atoms with Crippen molar-refractivity contribution in [1.82, 2.24) is 25.7 Å².